The second-order valence-electron chi connectivity index (χ2n) is 8.90. The zero-order valence-corrected chi connectivity index (χ0v) is 18.0. The maximum Gasteiger partial charge on any atom is 0.153 e. The van der Waals surface area contributed by atoms with Crippen LogP contribution in [0.5, 0.6) is 0 Å². The molecule has 0 bridgehead atoms. The van der Waals surface area contributed by atoms with Gasteiger partial charge in [-0.1, -0.05) is 32.9 Å². The number of methoxy groups -OCH3 is 1. The van der Waals surface area contributed by atoms with Gasteiger partial charge in [-0.15, -0.1) is 0 Å². The van der Waals surface area contributed by atoms with Crippen molar-refractivity contribution in [1.29, 1.82) is 0 Å². The Bertz CT molecular complexity index is 987. The van der Waals surface area contributed by atoms with E-state index in [4.69, 9.17) is 10.5 Å². The van der Waals surface area contributed by atoms with Gasteiger partial charge in [0.2, 0.25) is 0 Å². The number of anilines is 2. The lowest BCUT2D eigenvalue weighted by Crippen LogP contribution is -2.39. The van der Waals surface area contributed by atoms with Crippen molar-refractivity contribution in [1.82, 2.24) is 14.5 Å². The zero-order chi connectivity index (χ0) is 21.4. The Labute approximate surface area is 171 Å². The van der Waals surface area contributed by atoms with E-state index in [1.54, 1.807) is 7.11 Å². The Morgan fingerprint density at radius 2 is 1.79 bits per heavy atom. The van der Waals surface area contributed by atoms with Crippen molar-refractivity contribution in [2.45, 2.75) is 53.0 Å². The van der Waals surface area contributed by atoms with Crippen LogP contribution in [0.25, 0.3) is 11.0 Å². The standard InChI is InChI=1S/C22H31N5O2/c1-21(2,3)22(4,5)27-11-16(17-18(23)24-13-25-19(17)27)20(28)26-15-9-7-14(8-10-15)12-29-6/h7-11,13,20,26,28H,12H2,1-6H3,(H2,23,24,25). The molecule has 0 saturated carbocycles. The molecule has 1 aromatic carbocycles. The lowest BCUT2D eigenvalue weighted by molar-refractivity contribution is 0.143. The first-order valence-corrected chi connectivity index (χ1v) is 9.70. The largest absolute Gasteiger partial charge is 0.383 e. The number of nitrogens with two attached hydrogens (primary N) is 1. The van der Waals surface area contributed by atoms with Gasteiger partial charge in [-0.3, -0.25) is 0 Å². The summed E-state index contributed by atoms with van der Waals surface area (Å²) >= 11 is 0. The van der Waals surface area contributed by atoms with Crippen molar-refractivity contribution in [3.63, 3.8) is 0 Å². The van der Waals surface area contributed by atoms with Crippen LogP contribution in [0.3, 0.4) is 0 Å². The fourth-order valence-electron chi connectivity index (χ4n) is 3.21. The Balaban J connectivity index is 2.03. The van der Waals surface area contributed by atoms with E-state index in [-0.39, 0.29) is 11.0 Å². The van der Waals surface area contributed by atoms with Crippen molar-refractivity contribution >= 4 is 22.5 Å². The molecule has 3 aromatic rings. The highest BCUT2D eigenvalue weighted by molar-refractivity contribution is 5.90. The number of aromatic nitrogens is 3. The molecule has 0 aliphatic rings. The Morgan fingerprint density at radius 1 is 1.14 bits per heavy atom. The number of nitrogens with zero attached hydrogens (tertiary/aromatic N) is 3. The highest BCUT2D eigenvalue weighted by Gasteiger charge is 2.37. The summed E-state index contributed by atoms with van der Waals surface area (Å²) in [5.41, 5.74) is 9.09. The van der Waals surface area contributed by atoms with Gasteiger partial charge in [-0.25, -0.2) is 9.97 Å². The number of hydrogen-bond acceptors (Lipinski definition) is 6. The van der Waals surface area contributed by atoms with Crippen LogP contribution in [0.2, 0.25) is 0 Å². The van der Waals surface area contributed by atoms with Gasteiger partial charge in [0.15, 0.2) is 6.23 Å². The highest BCUT2D eigenvalue weighted by Crippen LogP contribution is 2.41. The summed E-state index contributed by atoms with van der Waals surface area (Å²) in [7, 11) is 1.66. The number of aliphatic hydroxyl groups excluding tert-OH is 1. The topological polar surface area (TPSA) is 98.2 Å². The first-order valence-electron chi connectivity index (χ1n) is 9.70. The molecule has 0 saturated heterocycles. The molecule has 4 N–H and O–H groups in total. The molecule has 0 aliphatic heterocycles. The third kappa shape index (κ3) is 3.93. The third-order valence-corrected chi connectivity index (χ3v) is 5.94. The molecule has 7 nitrogen and oxygen atoms in total. The lowest BCUT2D eigenvalue weighted by Gasteiger charge is -2.40. The number of ether oxygens (including phenoxy) is 1. The van der Waals surface area contributed by atoms with Crippen LogP contribution < -0.4 is 11.1 Å². The van der Waals surface area contributed by atoms with Crippen LogP contribution in [0.15, 0.2) is 36.8 Å². The van der Waals surface area contributed by atoms with Gasteiger partial charge in [-0.05, 0) is 37.0 Å². The summed E-state index contributed by atoms with van der Waals surface area (Å²) in [6, 6.07) is 7.75. The maximum atomic E-state index is 11.0. The molecule has 2 aromatic heterocycles. The minimum Gasteiger partial charge on any atom is -0.383 e. The molecular formula is C22H31N5O2. The molecule has 0 aliphatic carbocycles. The van der Waals surface area contributed by atoms with Crippen LogP contribution in [0, 0.1) is 5.41 Å². The Hall–Kier alpha value is -2.64. The number of benzene rings is 1. The quantitative estimate of drug-likeness (QED) is 0.543. The first-order chi connectivity index (χ1) is 13.6. The van der Waals surface area contributed by atoms with Crippen molar-refractivity contribution in [3.8, 4) is 0 Å². The lowest BCUT2D eigenvalue weighted by atomic mass is 9.76. The normalized spacial score (nSPS) is 13.6. The molecule has 2 heterocycles. The van der Waals surface area contributed by atoms with Crippen LogP contribution in [0.1, 0.15) is 52.0 Å². The van der Waals surface area contributed by atoms with Gasteiger partial charge >= 0.3 is 0 Å². The summed E-state index contributed by atoms with van der Waals surface area (Å²) in [5.74, 6) is 0.352. The number of nitrogen functional groups attached to an aromatic ring is 1. The van der Waals surface area contributed by atoms with Gasteiger partial charge < -0.3 is 25.5 Å². The zero-order valence-electron chi connectivity index (χ0n) is 18.0. The van der Waals surface area contributed by atoms with Gasteiger partial charge in [0.05, 0.1) is 12.0 Å². The summed E-state index contributed by atoms with van der Waals surface area (Å²) in [6.45, 7) is 11.4. The van der Waals surface area contributed by atoms with Gasteiger partial charge in [0.1, 0.15) is 17.8 Å². The molecule has 156 valence electrons. The van der Waals surface area contributed by atoms with E-state index in [0.717, 1.165) is 11.3 Å². The molecule has 0 amide bonds. The van der Waals surface area contributed by atoms with Crippen molar-refractivity contribution in [2.75, 3.05) is 18.2 Å². The molecule has 29 heavy (non-hydrogen) atoms. The maximum absolute atomic E-state index is 11.0. The van der Waals surface area contributed by atoms with Gasteiger partial charge in [0, 0.05) is 30.1 Å². The molecular weight excluding hydrogens is 366 g/mol. The minimum absolute atomic E-state index is 0.0501. The van der Waals surface area contributed by atoms with Crippen LogP contribution in [0.4, 0.5) is 11.5 Å². The fourth-order valence-corrected chi connectivity index (χ4v) is 3.21. The van der Waals surface area contributed by atoms with E-state index >= 15 is 0 Å². The number of rotatable bonds is 6. The average molecular weight is 398 g/mol. The van der Waals surface area contributed by atoms with Crippen LogP contribution in [-0.4, -0.2) is 26.8 Å². The summed E-state index contributed by atoms with van der Waals surface area (Å²) in [5, 5.41) is 14.8. The monoisotopic (exact) mass is 397 g/mol. The molecule has 1 atom stereocenters. The second-order valence-corrected chi connectivity index (χ2v) is 8.90. The predicted octanol–water partition coefficient (Wildman–Crippen LogP) is 4.04. The predicted molar refractivity (Wildman–Crippen MR) is 116 cm³/mol. The van der Waals surface area contributed by atoms with Crippen molar-refractivity contribution in [2.24, 2.45) is 5.41 Å². The SMILES string of the molecule is COCc1ccc(NC(O)c2cn(C(C)(C)C(C)(C)C)c3ncnc(N)c23)cc1. The smallest absolute Gasteiger partial charge is 0.153 e. The van der Waals surface area contributed by atoms with E-state index in [9.17, 15) is 5.11 Å². The Kier molecular flexibility index (Phi) is 5.56. The molecule has 0 spiro atoms. The van der Waals surface area contributed by atoms with Crippen molar-refractivity contribution < 1.29 is 9.84 Å². The first kappa shape index (κ1) is 21.1. The fraction of sp³-hybridized carbons (Fsp3) is 0.455. The minimum atomic E-state index is -0.962. The number of aliphatic hydroxyl groups is 1. The van der Waals surface area contributed by atoms with E-state index in [2.05, 4.69) is 54.5 Å². The molecule has 0 fully saturated rings. The van der Waals surface area contributed by atoms with E-state index < -0.39 is 6.23 Å². The second kappa shape index (κ2) is 7.65. The van der Waals surface area contributed by atoms with Gasteiger partial charge in [0.25, 0.3) is 0 Å². The van der Waals surface area contributed by atoms with E-state index in [1.807, 2.05) is 30.5 Å². The van der Waals surface area contributed by atoms with Crippen LogP contribution >= 0.6 is 0 Å². The molecule has 3 rings (SSSR count). The average Bonchev–Trinajstić information content (AvgIpc) is 3.04. The number of fused-ring (bicyclic) bond motifs is 1. The molecule has 0 radical (unpaired) electrons. The van der Waals surface area contributed by atoms with Crippen molar-refractivity contribution in [3.05, 3.63) is 47.9 Å². The molecule has 7 heteroatoms. The summed E-state index contributed by atoms with van der Waals surface area (Å²) < 4.78 is 7.23. The van der Waals surface area contributed by atoms with E-state index in [1.165, 1.54) is 6.33 Å². The number of hydrogen-bond donors (Lipinski definition) is 3. The Morgan fingerprint density at radius 3 is 2.38 bits per heavy atom. The molecule has 1 unspecified atom stereocenters. The van der Waals surface area contributed by atoms with Crippen LogP contribution in [-0.2, 0) is 16.9 Å². The summed E-state index contributed by atoms with van der Waals surface area (Å²) in [4.78, 5) is 8.63. The third-order valence-electron chi connectivity index (χ3n) is 5.94. The van der Waals surface area contributed by atoms with E-state index in [0.29, 0.717) is 29.0 Å². The summed E-state index contributed by atoms with van der Waals surface area (Å²) in [6.07, 6.45) is 2.43. The van der Waals surface area contributed by atoms with Gasteiger partial charge in [-0.2, -0.15) is 0 Å². The number of nitrogens with one attached hydrogen (secondary N) is 1. The highest BCUT2D eigenvalue weighted by atomic mass is 16.5.